The van der Waals surface area contributed by atoms with Crippen molar-refractivity contribution >= 4 is 23.4 Å². The first-order chi connectivity index (χ1) is 14.7. The third kappa shape index (κ3) is 5.24. The summed E-state index contributed by atoms with van der Waals surface area (Å²) in [4.78, 5) is 12.2. The van der Waals surface area contributed by atoms with Crippen molar-refractivity contribution < 1.29 is 18.3 Å². The van der Waals surface area contributed by atoms with Crippen molar-refractivity contribution in [1.29, 1.82) is 0 Å². The van der Waals surface area contributed by atoms with Crippen LogP contribution in [-0.2, 0) is 4.79 Å². The smallest absolute Gasteiger partial charge is 0.277 e. The summed E-state index contributed by atoms with van der Waals surface area (Å²) in [5.74, 6) is 1.09. The zero-order valence-corrected chi connectivity index (χ0v) is 16.4. The predicted octanol–water partition coefficient (Wildman–Crippen LogP) is 5.40. The quantitative estimate of drug-likeness (QED) is 0.403. The second-order valence-corrected chi connectivity index (χ2v) is 7.09. The van der Waals surface area contributed by atoms with Gasteiger partial charge in [0.25, 0.3) is 5.22 Å². The highest BCUT2D eigenvalue weighted by molar-refractivity contribution is 7.99. The van der Waals surface area contributed by atoms with Crippen LogP contribution in [0.1, 0.15) is 0 Å². The number of nitrogens with zero attached hydrogens (tertiary/aromatic N) is 2. The minimum atomic E-state index is -0.389. The summed E-state index contributed by atoms with van der Waals surface area (Å²) in [7, 11) is 0. The Kier molecular flexibility index (Phi) is 6.05. The average molecular weight is 421 g/mol. The van der Waals surface area contributed by atoms with Crippen molar-refractivity contribution in [2.45, 2.75) is 5.22 Å². The zero-order chi connectivity index (χ0) is 20.8. The van der Waals surface area contributed by atoms with E-state index in [2.05, 4.69) is 15.5 Å². The molecule has 4 rings (SSSR count). The van der Waals surface area contributed by atoms with Gasteiger partial charge in [0.15, 0.2) is 0 Å². The van der Waals surface area contributed by atoms with Gasteiger partial charge in [0.1, 0.15) is 17.3 Å². The Morgan fingerprint density at radius 3 is 2.50 bits per heavy atom. The Balaban J connectivity index is 1.29. The van der Waals surface area contributed by atoms with Gasteiger partial charge in [-0.3, -0.25) is 4.79 Å². The number of para-hydroxylation sites is 1. The molecule has 150 valence electrons. The van der Waals surface area contributed by atoms with Gasteiger partial charge in [0.05, 0.1) is 5.75 Å². The number of carbonyl (C=O) groups is 1. The lowest BCUT2D eigenvalue weighted by molar-refractivity contribution is -0.113. The van der Waals surface area contributed by atoms with Crippen molar-refractivity contribution in [1.82, 2.24) is 10.2 Å². The van der Waals surface area contributed by atoms with Crippen molar-refractivity contribution in [3.05, 3.63) is 84.7 Å². The maximum Gasteiger partial charge on any atom is 0.277 e. The predicted molar refractivity (Wildman–Crippen MR) is 112 cm³/mol. The fourth-order valence-corrected chi connectivity index (χ4v) is 3.12. The molecular formula is C22H16FN3O3S. The fourth-order valence-electron chi connectivity index (χ4n) is 2.56. The van der Waals surface area contributed by atoms with E-state index in [-0.39, 0.29) is 28.6 Å². The number of amides is 1. The van der Waals surface area contributed by atoms with Gasteiger partial charge in [-0.05, 0) is 54.6 Å². The molecule has 0 aliphatic rings. The van der Waals surface area contributed by atoms with Crippen LogP contribution in [0.5, 0.6) is 11.5 Å². The maximum absolute atomic E-state index is 13.3. The number of nitrogens with one attached hydrogen (secondary N) is 1. The average Bonchev–Trinajstić information content (AvgIpc) is 3.24. The fraction of sp³-hybridized carbons (Fsp3) is 0.0455. The van der Waals surface area contributed by atoms with E-state index in [9.17, 15) is 9.18 Å². The van der Waals surface area contributed by atoms with Crippen LogP contribution < -0.4 is 10.1 Å². The molecule has 0 saturated carbocycles. The molecule has 0 unspecified atom stereocenters. The molecule has 0 fully saturated rings. The van der Waals surface area contributed by atoms with Gasteiger partial charge < -0.3 is 14.5 Å². The first kappa shape index (κ1) is 19.7. The van der Waals surface area contributed by atoms with Gasteiger partial charge in [-0.15, -0.1) is 10.2 Å². The number of hydrogen-bond donors (Lipinski definition) is 1. The van der Waals surface area contributed by atoms with Crippen LogP contribution in [0.2, 0.25) is 0 Å². The van der Waals surface area contributed by atoms with E-state index < -0.39 is 0 Å². The Morgan fingerprint density at radius 2 is 1.73 bits per heavy atom. The molecule has 0 saturated heterocycles. The monoisotopic (exact) mass is 421 g/mol. The number of thioether (sulfide) groups is 1. The van der Waals surface area contributed by atoms with Crippen LogP contribution in [-0.4, -0.2) is 21.9 Å². The number of halogens is 1. The highest BCUT2D eigenvalue weighted by atomic mass is 32.2. The standard InChI is InChI=1S/C22H16FN3O3S/c23-16-6-4-5-15(13-16)21-25-26-22(29-21)30-14-20(27)24-17-9-11-19(12-10-17)28-18-7-2-1-3-8-18/h1-13H,14H2,(H,24,27). The van der Waals surface area contributed by atoms with Gasteiger partial charge in [-0.1, -0.05) is 36.0 Å². The molecule has 1 N–H and O–H groups in total. The summed E-state index contributed by atoms with van der Waals surface area (Å²) in [6, 6.07) is 22.4. The van der Waals surface area contributed by atoms with Gasteiger partial charge in [0.2, 0.25) is 11.8 Å². The molecular weight excluding hydrogens is 405 g/mol. The van der Waals surface area contributed by atoms with E-state index >= 15 is 0 Å². The minimum absolute atomic E-state index is 0.0903. The SMILES string of the molecule is O=C(CSc1nnc(-c2cccc(F)c2)o1)Nc1ccc(Oc2ccccc2)cc1. The molecule has 0 bridgehead atoms. The van der Waals surface area contributed by atoms with Crippen molar-refractivity contribution in [2.75, 3.05) is 11.1 Å². The normalized spacial score (nSPS) is 10.6. The maximum atomic E-state index is 13.3. The topological polar surface area (TPSA) is 77.2 Å². The number of anilines is 1. The first-order valence-electron chi connectivity index (χ1n) is 9.01. The van der Waals surface area contributed by atoms with Crippen LogP contribution in [0.25, 0.3) is 11.5 Å². The lowest BCUT2D eigenvalue weighted by Crippen LogP contribution is -2.13. The van der Waals surface area contributed by atoms with Crippen molar-refractivity contribution in [3.8, 4) is 23.0 Å². The van der Waals surface area contributed by atoms with E-state index in [1.165, 1.54) is 12.1 Å². The Morgan fingerprint density at radius 1 is 0.967 bits per heavy atom. The molecule has 0 spiro atoms. The van der Waals surface area contributed by atoms with Crippen LogP contribution in [0.15, 0.2) is 88.5 Å². The van der Waals surface area contributed by atoms with Crippen LogP contribution >= 0.6 is 11.8 Å². The Bertz CT molecular complexity index is 1130. The Labute approximate surface area is 176 Å². The molecule has 30 heavy (non-hydrogen) atoms. The van der Waals surface area contributed by atoms with Crippen LogP contribution in [0, 0.1) is 5.82 Å². The summed E-state index contributed by atoms with van der Waals surface area (Å²) >= 11 is 1.10. The summed E-state index contributed by atoms with van der Waals surface area (Å²) in [5.41, 5.74) is 1.13. The summed E-state index contributed by atoms with van der Waals surface area (Å²) < 4.78 is 24.5. The lowest BCUT2D eigenvalue weighted by atomic mass is 10.2. The molecule has 0 aliphatic heterocycles. The third-order valence-electron chi connectivity index (χ3n) is 3.92. The zero-order valence-electron chi connectivity index (χ0n) is 15.6. The van der Waals surface area contributed by atoms with E-state index in [1.54, 1.807) is 36.4 Å². The molecule has 8 heteroatoms. The number of rotatable bonds is 7. The van der Waals surface area contributed by atoms with Crippen molar-refractivity contribution in [2.24, 2.45) is 0 Å². The summed E-state index contributed by atoms with van der Waals surface area (Å²) in [5, 5.41) is 10.8. The molecule has 0 radical (unpaired) electrons. The Hall–Kier alpha value is -3.65. The highest BCUT2D eigenvalue weighted by Crippen LogP contribution is 2.25. The lowest BCUT2D eigenvalue weighted by Gasteiger charge is -2.07. The van der Waals surface area contributed by atoms with Crippen LogP contribution in [0.4, 0.5) is 10.1 Å². The molecule has 1 aromatic heterocycles. The molecule has 4 aromatic rings. The van der Waals surface area contributed by atoms with Crippen molar-refractivity contribution in [3.63, 3.8) is 0 Å². The van der Waals surface area contributed by atoms with Gasteiger partial charge in [-0.2, -0.15) is 0 Å². The van der Waals surface area contributed by atoms with E-state index in [1.807, 2.05) is 30.3 Å². The van der Waals surface area contributed by atoms with Gasteiger partial charge in [0, 0.05) is 11.3 Å². The highest BCUT2D eigenvalue weighted by Gasteiger charge is 2.12. The number of hydrogen-bond acceptors (Lipinski definition) is 6. The first-order valence-corrected chi connectivity index (χ1v) is 9.99. The number of carbonyl (C=O) groups excluding carboxylic acids is 1. The molecule has 1 heterocycles. The van der Waals surface area contributed by atoms with E-state index in [0.717, 1.165) is 17.5 Å². The number of benzene rings is 3. The molecule has 0 aliphatic carbocycles. The molecule has 0 atom stereocenters. The summed E-state index contributed by atoms with van der Waals surface area (Å²) in [6.07, 6.45) is 0. The molecule has 6 nitrogen and oxygen atoms in total. The van der Waals surface area contributed by atoms with E-state index in [4.69, 9.17) is 9.15 Å². The number of aromatic nitrogens is 2. The number of ether oxygens (including phenoxy) is 1. The third-order valence-corrected chi connectivity index (χ3v) is 4.74. The van der Waals surface area contributed by atoms with Crippen LogP contribution in [0.3, 0.4) is 0 Å². The second kappa shape index (κ2) is 9.23. The molecule has 3 aromatic carbocycles. The van der Waals surface area contributed by atoms with Gasteiger partial charge >= 0.3 is 0 Å². The van der Waals surface area contributed by atoms with E-state index in [0.29, 0.717) is 17.0 Å². The summed E-state index contributed by atoms with van der Waals surface area (Å²) in [6.45, 7) is 0. The minimum Gasteiger partial charge on any atom is -0.457 e. The largest absolute Gasteiger partial charge is 0.457 e. The molecule has 1 amide bonds. The second-order valence-electron chi connectivity index (χ2n) is 6.16. The van der Waals surface area contributed by atoms with Gasteiger partial charge in [-0.25, -0.2) is 4.39 Å².